The molecule has 1 amide bonds. The minimum absolute atomic E-state index is 0.0336. The van der Waals surface area contributed by atoms with Gasteiger partial charge in [0.2, 0.25) is 5.91 Å². The van der Waals surface area contributed by atoms with Gasteiger partial charge in [0, 0.05) is 29.7 Å². The molecule has 24 heavy (non-hydrogen) atoms. The Hall–Kier alpha value is -2.82. The van der Waals surface area contributed by atoms with Gasteiger partial charge in [0.25, 0.3) is 0 Å². The fourth-order valence-electron chi connectivity index (χ4n) is 2.64. The average Bonchev–Trinajstić information content (AvgIpc) is 3.00. The van der Waals surface area contributed by atoms with Crippen LogP contribution in [0.1, 0.15) is 17.5 Å². The highest BCUT2D eigenvalue weighted by atomic mass is 16.5. The number of benzene rings is 1. The molecule has 5 nitrogen and oxygen atoms in total. The van der Waals surface area contributed by atoms with E-state index < -0.39 is 0 Å². The zero-order valence-electron chi connectivity index (χ0n) is 13.7. The predicted octanol–water partition coefficient (Wildman–Crippen LogP) is 3.00. The Kier molecular flexibility index (Phi) is 5.11. The molecule has 124 valence electrons. The molecule has 0 fully saturated rings. The van der Waals surface area contributed by atoms with Crippen LogP contribution in [-0.2, 0) is 11.2 Å². The van der Waals surface area contributed by atoms with Crippen LogP contribution in [0.25, 0.3) is 10.9 Å². The third-order valence-corrected chi connectivity index (χ3v) is 3.87. The lowest BCUT2D eigenvalue weighted by Gasteiger charge is -2.07. The van der Waals surface area contributed by atoms with Crippen molar-refractivity contribution in [1.82, 2.24) is 15.3 Å². The molecule has 1 aromatic carbocycles. The van der Waals surface area contributed by atoms with Crippen molar-refractivity contribution in [3.8, 4) is 5.75 Å². The van der Waals surface area contributed by atoms with Crippen molar-refractivity contribution >= 4 is 16.8 Å². The second kappa shape index (κ2) is 7.64. The first kappa shape index (κ1) is 16.1. The second-order valence-electron chi connectivity index (χ2n) is 5.75. The van der Waals surface area contributed by atoms with E-state index in [0.717, 1.165) is 11.9 Å². The number of hydrogen-bond acceptors (Lipinski definition) is 3. The Morgan fingerprint density at radius 3 is 3.08 bits per heavy atom. The average molecular weight is 323 g/mol. The maximum Gasteiger partial charge on any atom is 0.220 e. The van der Waals surface area contributed by atoms with E-state index in [0.29, 0.717) is 25.3 Å². The Balaban J connectivity index is 1.42. The van der Waals surface area contributed by atoms with E-state index in [1.165, 1.54) is 16.5 Å². The van der Waals surface area contributed by atoms with E-state index in [-0.39, 0.29) is 5.91 Å². The molecular formula is C19H21N3O2. The number of pyridine rings is 1. The molecule has 0 atom stereocenters. The number of carbonyl (C=O) groups excluding carboxylic acids is 1. The van der Waals surface area contributed by atoms with Crippen molar-refractivity contribution in [2.24, 2.45) is 0 Å². The van der Waals surface area contributed by atoms with Gasteiger partial charge in [-0.3, -0.25) is 9.78 Å². The molecule has 2 N–H and O–H groups in total. The van der Waals surface area contributed by atoms with E-state index in [4.69, 9.17) is 4.74 Å². The molecule has 2 aromatic heterocycles. The van der Waals surface area contributed by atoms with E-state index in [1.807, 2.05) is 18.3 Å². The van der Waals surface area contributed by atoms with Crippen LogP contribution in [0.5, 0.6) is 5.75 Å². The highest BCUT2D eigenvalue weighted by Crippen LogP contribution is 2.20. The fraction of sp³-hybridized carbons (Fsp3) is 0.263. The second-order valence-corrected chi connectivity index (χ2v) is 5.75. The van der Waals surface area contributed by atoms with Gasteiger partial charge >= 0.3 is 0 Å². The Morgan fingerprint density at radius 2 is 2.25 bits per heavy atom. The molecule has 0 bridgehead atoms. The quantitative estimate of drug-likeness (QED) is 0.657. The molecule has 3 rings (SSSR count). The van der Waals surface area contributed by atoms with Gasteiger partial charge in [-0.25, -0.2) is 0 Å². The molecule has 0 aliphatic rings. The standard InChI is InChI=1S/C19H21N3O2/c1-14-4-6-17-15(12-22-18(17)11-14)5-7-19(23)21-9-10-24-16-3-2-8-20-13-16/h2-4,6,8,11-13,22H,5,7,9-10H2,1H3,(H,21,23). The van der Waals surface area contributed by atoms with E-state index in [1.54, 1.807) is 12.4 Å². The van der Waals surface area contributed by atoms with Gasteiger partial charge in [0.05, 0.1) is 12.7 Å². The molecule has 0 aliphatic heterocycles. The van der Waals surface area contributed by atoms with Crippen LogP contribution >= 0.6 is 0 Å². The minimum atomic E-state index is 0.0336. The summed E-state index contributed by atoms with van der Waals surface area (Å²) in [7, 11) is 0. The summed E-state index contributed by atoms with van der Waals surface area (Å²) in [6, 6.07) is 9.98. The van der Waals surface area contributed by atoms with Gasteiger partial charge in [0.15, 0.2) is 0 Å². The third-order valence-electron chi connectivity index (χ3n) is 3.87. The van der Waals surface area contributed by atoms with Crippen molar-refractivity contribution in [3.05, 3.63) is 60.0 Å². The number of amides is 1. The lowest BCUT2D eigenvalue weighted by molar-refractivity contribution is -0.121. The SMILES string of the molecule is Cc1ccc2c(CCC(=O)NCCOc3cccnc3)c[nH]c2c1. The number of nitrogens with one attached hydrogen (secondary N) is 2. The van der Waals surface area contributed by atoms with Gasteiger partial charge < -0.3 is 15.0 Å². The number of hydrogen-bond donors (Lipinski definition) is 2. The summed E-state index contributed by atoms with van der Waals surface area (Å²) < 4.78 is 5.49. The fourth-order valence-corrected chi connectivity index (χ4v) is 2.64. The lowest BCUT2D eigenvalue weighted by atomic mass is 10.1. The summed E-state index contributed by atoms with van der Waals surface area (Å²) in [5.41, 5.74) is 3.52. The Morgan fingerprint density at radius 1 is 1.33 bits per heavy atom. The van der Waals surface area contributed by atoms with Crippen LogP contribution in [0.15, 0.2) is 48.9 Å². The third kappa shape index (κ3) is 4.13. The number of fused-ring (bicyclic) bond motifs is 1. The molecule has 2 heterocycles. The molecular weight excluding hydrogens is 302 g/mol. The first-order valence-corrected chi connectivity index (χ1v) is 8.08. The predicted molar refractivity (Wildman–Crippen MR) is 94.1 cm³/mol. The summed E-state index contributed by atoms with van der Waals surface area (Å²) in [4.78, 5) is 19.2. The van der Waals surface area contributed by atoms with Gasteiger partial charge in [-0.1, -0.05) is 12.1 Å². The van der Waals surface area contributed by atoms with Crippen LogP contribution in [0.3, 0.4) is 0 Å². The lowest BCUT2D eigenvalue weighted by Crippen LogP contribution is -2.28. The topological polar surface area (TPSA) is 67.0 Å². The zero-order chi connectivity index (χ0) is 16.8. The maximum atomic E-state index is 12.0. The summed E-state index contributed by atoms with van der Waals surface area (Å²) in [6.45, 7) is 2.99. The molecule has 5 heteroatoms. The largest absolute Gasteiger partial charge is 0.490 e. The van der Waals surface area contributed by atoms with Crippen molar-refractivity contribution in [2.75, 3.05) is 13.2 Å². The number of H-pyrrole nitrogens is 1. The van der Waals surface area contributed by atoms with E-state index >= 15 is 0 Å². The van der Waals surface area contributed by atoms with E-state index in [2.05, 4.69) is 40.4 Å². The molecule has 0 spiro atoms. The molecule has 0 unspecified atom stereocenters. The number of rotatable bonds is 7. The number of ether oxygens (including phenoxy) is 1. The molecule has 0 aliphatic carbocycles. The van der Waals surface area contributed by atoms with Crippen molar-refractivity contribution < 1.29 is 9.53 Å². The van der Waals surface area contributed by atoms with Gasteiger partial charge in [-0.2, -0.15) is 0 Å². The van der Waals surface area contributed by atoms with E-state index in [9.17, 15) is 4.79 Å². The number of aromatic nitrogens is 2. The molecule has 3 aromatic rings. The Bertz CT molecular complexity index is 812. The van der Waals surface area contributed by atoms with Crippen molar-refractivity contribution in [2.45, 2.75) is 19.8 Å². The maximum absolute atomic E-state index is 12.0. The Labute approximate surface area is 141 Å². The monoisotopic (exact) mass is 323 g/mol. The molecule has 0 saturated carbocycles. The summed E-state index contributed by atoms with van der Waals surface area (Å²) in [5.74, 6) is 0.743. The normalized spacial score (nSPS) is 10.7. The first-order chi connectivity index (χ1) is 11.7. The van der Waals surface area contributed by atoms with Crippen LogP contribution in [0.2, 0.25) is 0 Å². The first-order valence-electron chi connectivity index (χ1n) is 8.08. The number of carbonyl (C=O) groups is 1. The smallest absolute Gasteiger partial charge is 0.220 e. The zero-order valence-corrected chi connectivity index (χ0v) is 13.7. The van der Waals surface area contributed by atoms with Gasteiger partial charge in [-0.15, -0.1) is 0 Å². The van der Waals surface area contributed by atoms with Crippen LogP contribution < -0.4 is 10.1 Å². The summed E-state index contributed by atoms with van der Waals surface area (Å²) >= 11 is 0. The molecule has 0 saturated heterocycles. The van der Waals surface area contributed by atoms with Crippen LogP contribution in [-0.4, -0.2) is 29.0 Å². The van der Waals surface area contributed by atoms with Gasteiger partial charge in [0.1, 0.15) is 12.4 Å². The number of aryl methyl sites for hydroxylation is 2. The summed E-state index contributed by atoms with van der Waals surface area (Å²) in [6.07, 6.45) is 6.52. The van der Waals surface area contributed by atoms with Crippen molar-refractivity contribution in [3.63, 3.8) is 0 Å². The van der Waals surface area contributed by atoms with Crippen LogP contribution in [0, 0.1) is 6.92 Å². The minimum Gasteiger partial charge on any atom is -0.490 e. The van der Waals surface area contributed by atoms with Crippen LogP contribution in [0.4, 0.5) is 0 Å². The van der Waals surface area contributed by atoms with Gasteiger partial charge in [-0.05, 0) is 42.7 Å². The molecule has 0 radical (unpaired) electrons. The number of aromatic amines is 1. The summed E-state index contributed by atoms with van der Waals surface area (Å²) in [5, 5.41) is 4.07. The highest BCUT2D eigenvalue weighted by Gasteiger charge is 2.07. The highest BCUT2D eigenvalue weighted by molar-refractivity contribution is 5.84. The number of nitrogens with zero attached hydrogens (tertiary/aromatic N) is 1. The van der Waals surface area contributed by atoms with Crippen molar-refractivity contribution in [1.29, 1.82) is 0 Å².